The van der Waals surface area contributed by atoms with Crippen molar-refractivity contribution in [1.29, 1.82) is 0 Å². The smallest absolute Gasteiger partial charge is 0.0500 e. The zero-order valence-corrected chi connectivity index (χ0v) is 7.87. The summed E-state index contributed by atoms with van der Waals surface area (Å²) in [5.74, 6) is 0. The monoisotopic (exact) mass is 168 g/mol. The van der Waals surface area contributed by atoms with Crippen LogP contribution >= 0.6 is 0 Å². The van der Waals surface area contributed by atoms with Crippen molar-refractivity contribution in [3.63, 3.8) is 0 Å². The number of hydrogen-bond donors (Lipinski definition) is 0. The average Bonchev–Trinajstić information content (AvgIpc) is 1.94. The Bertz CT molecular complexity index is 292. The molecule has 0 N–H and O–H groups in total. The summed E-state index contributed by atoms with van der Waals surface area (Å²) in [5.41, 5.74) is 2.35. The van der Waals surface area contributed by atoms with Crippen LogP contribution in [0.2, 0.25) is 0 Å². The molecule has 1 nitrogen and oxygen atoms in total. The summed E-state index contributed by atoms with van der Waals surface area (Å²) in [7, 11) is -0.851. The van der Waals surface area contributed by atoms with E-state index in [1.165, 1.54) is 5.56 Å². The highest BCUT2D eigenvalue weighted by molar-refractivity contribution is 7.84. The molecule has 0 unspecified atom stereocenters. The molecule has 0 aliphatic rings. The molecule has 0 amide bonds. The van der Waals surface area contributed by atoms with Gasteiger partial charge in [0.1, 0.15) is 0 Å². The summed E-state index contributed by atoms with van der Waals surface area (Å²) in [6.07, 6.45) is 1.71. The van der Waals surface area contributed by atoms with Crippen LogP contribution in [0.3, 0.4) is 0 Å². The van der Waals surface area contributed by atoms with E-state index in [2.05, 4.69) is 0 Å². The number of rotatable bonds is 1. The summed E-state index contributed by atoms with van der Waals surface area (Å²) in [4.78, 5) is 0.949. The molecule has 1 rings (SSSR count). The Morgan fingerprint density at radius 1 is 1.27 bits per heavy atom. The van der Waals surface area contributed by atoms with Gasteiger partial charge in [-0.3, -0.25) is 4.21 Å². The summed E-state index contributed by atoms with van der Waals surface area (Å²) in [6.45, 7) is 4.04. The lowest BCUT2D eigenvalue weighted by Gasteiger charge is -2.03. The molecule has 2 heteroatoms. The molecule has 0 saturated carbocycles. The maximum Gasteiger partial charge on any atom is 0.0500 e. The Morgan fingerprint density at radius 2 is 1.91 bits per heavy atom. The van der Waals surface area contributed by atoms with Crippen LogP contribution in [0.5, 0.6) is 0 Å². The fourth-order valence-corrected chi connectivity index (χ4v) is 1.90. The van der Waals surface area contributed by atoms with Crippen molar-refractivity contribution in [2.45, 2.75) is 18.7 Å². The van der Waals surface area contributed by atoms with Crippen LogP contribution in [0.25, 0.3) is 0 Å². The van der Waals surface area contributed by atoms with E-state index in [1.807, 2.05) is 32.0 Å². The van der Waals surface area contributed by atoms with E-state index in [0.717, 1.165) is 10.5 Å². The van der Waals surface area contributed by atoms with Crippen molar-refractivity contribution in [3.05, 3.63) is 29.3 Å². The Labute approximate surface area is 69.9 Å². The number of aryl methyl sites for hydroxylation is 1. The number of benzene rings is 1. The molecule has 0 fully saturated rings. The zero-order valence-electron chi connectivity index (χ0n) is 7.05. The van der Waals surface area contributed by atoms with E-state index >= 15 is 0 Å². The van der Waals surface area contributed by atoms with Crippen LogP contribution in [0.15, 0.2) is 23.1 Å². The molecular formula is C9H12OS. The van der Waals surface area contributed by atoms with Crippen molar-refractivity contribution in [3.8, 4) is 0 Å². The fourth-order valence-electron chi connectivity index (χ4n) is 1.04. The van der Waals surface area contributed by atoms with Crippen LogP contribution in [0.1, 0.15) is 11.1 Å². The van der Waals surface area contributed by atoms with Gasteiger partial charge in [-0.25, -0.2) is 0 Å². The highest BCUT2D eigenvalue weighted by Crippen LogP contribution is 2.14. The van der Waals surface area contributed by atoms with Gasteiger partial charge < -0.3 is 0 Å². The maximum absolute atomic E-state index is 11.1. The van der Waals surface area contributed by atoms with E-state index in [1.54, 1.807) is 6.26 Å². The molecule has 0 spiro atoms. The van der Waals surface area contributed by atoms with Crippen LogP contribution in [-0.2, 0) is 10.8 Å². The van der Waals surface area contributed by atoms with Crippen LogP contribution < -0.4 is 0 Å². The second kappa shape index (κ2) is 3.18. The third-order valence-corrected chi connectivity index (χ3v) is 2.93. The van der Waals surface area contributed by atoms with Gasteiger partial charge in [0.2, 0.25) is 0 Å². The average molecular weight is 168 g/mol. The minimum Gasteiger partial charge on any atom is -0.255 e. The molecule has 1 aromatic carbocycles. The topological polar surface area (TPSA) is 17.1 Å². The van der Waals surface area contributed by atoms with Gasteiger partial charge in [0.05, 0.1) is 10.8 Å². The van der Waals surface area contributed by atoms with Gasteiger partial charge in [-0.05, 0) is 31.0 Å². The molecule has 0 aromatic heterocycles. The first kappa shape index (κ1) is 8.47. The molecule has 0 heterocycles. The molecule has 0 radical (unpaired) electrons. The van der Waals surface area contributed by atoms with Gasteiger partial charge in [-0.15, -0.1) is 0 Å². The summed E-state index contributed by atoms with van der Waals surface area (Å²) < 4.78 is 11.1. The largest absolute Gasteiger partial charge is 0.255 e. The predicted molar refractivity (Wildman–Crippen MR) is 48.2 cm³/mol. The number of hydrogen-bond acceptors (Lipinski definition) is 1. The molecule has 1 aromatic rings. The molecule has 11 heavy (non-hydrogen) atoms. The predicted octanol–water partition coefficient (Wildman–Crippen LogP) is 2.04. The van der Waals surface area contributed by atoms with E-state index in [0.29, 0.717) is 0 Å². The summed E-state index contributed by atoms with van der Waals surface area (Å²) >= 11 is 0. The lowest BCUT2D eigenvalue weighted by atomic mass is 10.1. The molecular weight excluding hydrogens is 156 g/mol. The van der Waals surface area contributed by atoms with E-state index in [9.17, 15) is 4.21 Å². The second-order valence-electron chi connectivity index (χ2n) is 2.65. The Kier molecular flexibility index (Phi) is 2.45. The van der Waals surface area contributed by atoms with Gasteiger partial charge in [-0.2, -0.15) is 0 Å². The Hall–Kier alpha value is -0.630. The van der Waals surface area contributed by atoms with Gasteiger partial charge in [0.15, 0.2) is 0 Å². The van der Waals surface area contributed by atoms with Gasteiger partial charge in [0, 0.05) is 11.2 Å². The van der Waals surface area contributed by atoms with Crippen molar-refractivity contribution >= 4 is 10.8 Å². The van der Waals surface area contributed by atoms with Gasteiger partial charge >= 0.3 is 0 Å². The standard InChI is InChI=1S/C9H12OS/c1-7-5-4-6-9(8(7)2)11(3)10/h4-6H,1-3H3/t11-/m1/s1. The highest BCUT2D eigenvalue weighted by Gasteiger charge is 2.02. The van der Waals surface area contributed by atoms with Crippen molar-refractivity contribution in [2.75, 3.05) is 6.26 Å². The van der Waals surface area contributed by atoms with Gasteiger partial charge in [-0.1, -0.05) is 12.1 Å². The SMILES string of the molecule is Cc1cccc([S@@](C)=O)c1C. The molecule has 0 bridgehead atoms. The normalized spacial score (nSPS) is 13.0. The minimum atomic E-state index is -0.851. The zero-order chi connectivity index (χ0) is 8.43. The second-order valence-corrected chi connectivity index (χ2v) is 4.00. The molecule has 0 aliphatic carbocycles. The van der Waals surface area contributed by atoms with Crippen molar-refractivity contribution in [1.82, 2.24) is 0 Å². The van der Waals surface area contributed by atoms with E-state index in [-0.39, 0.29) is 0 Å². The Morgan fingerprint density at radius 3 is 2.36 bits per heavy atom. The van der Waals surface area contributed by atoms with E-state index in [4.69, 9.17) is 0 Å². The maximum atomic E-state index is 11.1. The first-order valence-electron chi connectivity index (χ1n) is 3.52. The summed E-state index contributed by atoms with van der Waals surface area (Å²) in [5, 5.41) is 0. The molecule has 1 atom stereocenters. The quantitative estimate of drug-likeness (QED) is 0.627. The molecule has 0 saturated heterocycles. The third kappa shape index (κ3) is 1.69. The van der Waals surface area contributed by atoms with Crippen LogP contribution in [0.4, 0.5) is 0 Å². The molecule has 0 aliphatic heterocycles. The third-order valence-electron chi connectivity index (χ3n) is 1.86. The first-order valence-corrected chi connectivity index (χ1v) is 5.08. The highest BCUT2D eigenvalue weighted by atomic mass is 32.2. The lowest BCUT2D eigenvalue weighted by Crippen LogP contribution is -1.93. The molecule has 60 valence electrons. The van der Waals surface area contributed by atoms with Crippen LogP contribution in [-0.4, -0.2) is 10.5 Å². The Balaban J connectivity index is 3.27. The summed E-state index contributed by atoms with van der Waals surface area (Å²) in [6, 6.07) is 5.89. The van der Waals surface area contributed by atoms with E-state index < -0.39 is 10.8 Å². The lowest BCUT2D eigenvalue weighted by molar-refractivity contribution is 0.686. The van der Waals surface area contributed by atoms with Gasteiger partial charge in [0.25, 0.3) is 0 Å². The first-order chi connectivity index (χ1) is 5.13. The van der Waals surface area contributed by atoms with Crippen molar-refractivity contribution < 1.29 is 4.21 Å². The van der Waals surface area contributed by atoms with Crippen molar-refractivity contribution in [2.24, 2.45) is 0 Å². The minimum absolute atomic E-state index is 0.851. The fraction of sp³-hybridized carbons (Fsp3) is 0.333. The van der Waals surface area contributed by atoms with Crippen LogP contribution in [0, 0.1) is 13.8 Å².